The van der Waals surface area contributed by atoms with E-state index >= 15 is 0 Å². The molecule has 64 valence electrons. The summed E-state index contributed by atoms with van der Waals surface area (Å²) in [6, 6.07) is 3.82. The highest BCUT2D eigenvalue weighted by Gasteiger charge is 2.06. The predicted octanol–water partition coefficient (Wildman–Crippen LogP) is 2.40. The lowest BCUT2D eigenvalue weighted by Gasteiger charge is -1.95. The lowest BCUT2D eigenvalue weighted by molar-refractivity contribution is 1.20. The minimum absolute atomic E-state index is 0.564. The van der Waals surface area contributed by atoms with Gasteiger partial charge in [0.2, 0.25) is 0 Å². The largest absolute Gasteiger partial charge is 0.345 e. The molecule has 0 unspecified atom stereocenters. The Morgan fingerprint density at radius 3 is 3.08 bits per heavy atom. The van der Waals surface area contributed by atoms with Gasteiger partial charge in [0.25, 0.3) is 0 Å². The Balaban J connectivity index is 2.86. The predicted molar refractivity (Wildman–Crippen MR) is 50.6 cm³/mol. The van der Waals surface area contributed by atoms with E-state index < -0.39 is 0 Å². The van der Waals surface area contributed by atoms with Crippen molar-refractivity contribution in [1.29, 1.82) is 5.26 Å². The van der Waals surface area contributed by atoms with E-state index in [-0.39, 0.29) is 0 Å². The fraction of sp³-hybridized carbons (Fsp3) is 0.111. The molecule has 2 aromatic rings. The summed E-state index contributed by atoms with van der Waals surface area (Å²) in [7, 11) is 0. The Kier molecular flexibility index (Phi) is 1.71. The molecule has 0 spiro atoms. The van der Waals surface area contributed by atoms with E-state index in [1.165, 1.54) is 0 Å². The SMILES string of the molecule is Cc1nc2[nH]cc(Cl)c2cc1C#N. The lowest BCUT2D eigenvalue weighted by atomic mass is 10.2. The quantitative estimate of drug-likeness (QED) is 0.695. The number of hydrogen-bond donors (Lipinski definition) is 1. The normalized spacial score (nSPS) is 10.2. The lowest BCUT2D eigenvalue weighted by Crippen LogP contribution is -1.87. The molecule has 2 heterocycles. The maximum atomic E-state index is 8.76. The molecule has 0 bridgehead atoms. The van der Waals surface area contributed by atoms with Crippen LogP contribution in [0.3, 0.4) is 0 Å². The van der Waals surface area contributed by atoms with E-state index in [2.05, 4.69) is 16.0 Å². The molecule has 0 amide bonds. The van der Waals surface area contributed by atoms with Crippen LogP contribution < -0.4 is 0 Å². The first-order chi connectivity index (χ1) is 6.22. The van der Waals surface area contributed by atoms with Crippen molar-refractivity contribution in [3.05, 3.63) is 28.5 Å². The molecule has 0 saturated carbocycles. The second kappa shape index (κ2) is 2.75. The van der Waals surface area contributed by atoms with Gasteiger partial charge in [-0.1, -0.05) is 11.6 Å². The van der Waals surface area contributed by atoms with Crippen molar-refractivity contribution in [2.45, 2.75) is 6.92 Å². The first kappa shape index (κ1) is 8.09. The summed E-state index contributed by atoms with van der Waals surface area (Å²) in [6.07, 6.45) is 1.67. The Morgan fingerprint density at radius 2 is 2.38 bits per heavy atom. The van der Waals surface area contributed by atoms with Gasteiger partial charge in [-0.2, -0.15) is 5.26 Å². The van der Waals surface area contributed by atoms with Crippen LogP contribution >= 0.6 is 11.6 Å². The summed E-state index contributed by atoms with van der Waals surface area (Å²) in [5.41, 5.74) is 2.00. The summed E-state index contributed by atoms with van der Waals surface area (Å²) in [5.74, 6) is 0. The van der Waals surface area contributed by atoms with Crippen molar-refractivity contribution >= 4 is 22.6 Å². The van der Waals surface area contributed by atoms with Crippen molar-refractivity contribution < 1.29 is 0 Å². The Labute approximate surface area is 80.0 Å². The first-order valence-electron chi connectivity index (χ1n) is 3.76. The maximum Gasteiger partial charge on any atom is 0.139 e. The third kappa shape index (κ3) is 1.16. The zero-order valence-corrected chi connectivity index (χ0v) is 7.68. The number of fused-ring (bicyclic) bond motifs is 1. The Morgan fingerprint density at radius 1 is 1.62 bits per heavy atom. The molecule has 3 nitrogen and oxygen atoms in total. The van der Waals surface area contributed by atoms with Gasteiger partial charge in [-0.15, -0.1) is 0 Å². The monoisotopic (exact) mass is 191 g/mol. The zero-order valence-electron chi connectivity index (χ0n) is 6.93. The van der Waals surface area contributed by atoms with Crippen LogP contribution in [0.2, 0.25) is 5.02 Å². The van der Waals surface area contributed by atoms with Crippen molar-refractivity contribution in [1.82, 2.24) is 9.97 Å². The molecule has 0 saturated heterocycles. The highest BCUT2D eigenvalue weighted by Crippen LogP contribution is 2.23. The van der Waals surface area contributed by atoms with Crippen molar-refractivity contribution in [2.75, 3.05) is 0 Å². The second-order valence-electron chi connectivity index (χ2n) is 2.77. The van der Waals surface area contributed by atoms with Gasteiger partial charge in [-0.3, -0.25) is 0 Å². The first-order valence-corrected chi connectivity index (χ1v) is 4.14. The Hall–Kier alpha value is -1.53. The molecule has 0 aliphatic heterocycles. The molecule has 2 rings (SSSR count). The molecule has 0 aliphatic carbocycles. The Bertz CT molecular complexity index is 507. The molecule has 13 heavy (non-hydrogen) atoms. The van der Waals surface area contributed by atoms with Crippen LogP contribution in [-0.4, -0.2) is 9.97 Å². The van der Waals surface area contributed by atoms with Crippen molar-refractivity contribution in [2.24, 2.45) is 0 Å². The third-order valence-electron chi connectivity index (χ3n) is 1.93. The van der Waals surface area contributed by atoms with Gasteiger partial charge >= 0.3 is 0 Å². The topological polar surface area (TPSA) is 52.5 Å². The van der Waals surface area contributed by atoms with E-state index in [1.54, 1.807) is 19.2 Å². The van der Waals surface area contributed by atoms with Crippen LogP contribution in [0, 0.1) is 18.3 Å². The van der Waals surface area contributed by atoms with Gasteiger partial charge in [-0.25, -0.2) is 4.98 Å². The number of H-pyrrole nitrogens is 1. The minimum atomic E-state index is 0.564. The smallest absolute Gasteiger partial charge is 0.139 e. The van der Waals surface area contributed by atoms with E-state index in [1.807, 2.05) is 0 Å². The van der Waals surface area contributed by atoms with Gasteiger partial charge in [0.1, 0.15) is 11.7 Å². The molecule has 0 fully saturated rings. The number of halogens is 1. The third-order valence-corrected chi connectivity index (χ3v) is 2.24. The van der Waals surface area contributed by atoms with E-state index in [9.17, 15) is 0 Å². The molecule has 0 aliphatic rings. The van der Waals surface area contributed by atoms with E-state index in [4.69, 9.17) is 16.9 Å². The highest BCUT2D eigenvalue weighted by atomic mass is 35.5. The minimum Gasteiger partial charge on any atom is -0.345 e. The average Bonchev–Trinajstić information content (AvgIpc) is 2.46. The number of aromatic amines is 1. The number of rotatable bonds is 0. The van der Waals surface area contributed by atoms with Crippen LogP contribution in [-0.2, 0) is 0 Å². The zero-order chi connectivity index (χ0) is 9.42. The fourth-order valence-corrected chi connectivity index (χ4v) is 1.42. The van der Waals surface area contributed by atoms with Gasteiger partial charge in [0, 0.05) is 11.6 Å². The number of nitrogens with zero attached hydrogens (tertiary/aromatic N) is 2. The number of pyridine rings is 1. The fourth-order valence-electron chi connectivity index (χ4n) is 1.22. The number of nitrogens with one attached hydrogen (secondary N) is 1. The van der Waals surface area contributed by atoms with Crippen LogP contribution in [0.5, 0.6) is 0 Å². The highest BCUT2D eigenvalue weighted by molar-refractivity contribution is 6.35. The van der Waals surface area contributed by atoms with Crippen LogP contribution in [0.4, 0.5) is 0 Å². The average molecular weight is 192 g/mol. The summed E-state index contributed by atoms with van der Waals surface area (Å²) >= 11 is 5.87. The summed E-state index contributed by atoms with van der Waals surface area (Å²) in [6.45, 7) is 1.80. The van der Waals surface area contributed by atoms with E-state index in [0.29, 0.717) is 16.3 Å². The molecule has 4 heteroatoms. The molecule has 0 radical (unpaired) electrons. The summed E-state index contributed by atoms with van der Waals surface area (Å²) < 4.78 is 0. The van der Waals surface area contributed by atoms with E-state index in [0.717, 1.165) is 11.0 Å². The number of nitriles is 1. The van der Waals surface area contributed by atoms with Crippen LogP contribution in [0.1, 0.15) is 11.3 Å². The second-order valence-corrected chi connectivity index (χ2v) is 3.17. The van der Waals surface area contributed by atoms with Gasteiger partial charge in [-0.05, 0) is 13.0 Å². The standard InChI is InChI=1S/C9H6ClN3/c1-5-6(3-11)2-7-8(10)4-12-9(7)13-5/h2,4H,1H3,(H,12,13). The van der Waals surface area contributed by atoms with Gasteiger partial charge in [0.15, 0.2) is 0 Å². The van der Waals surface area contributed by atoms with Crippen molar-refractivity contribution in [3.8, 4) is 6.07 Å². The number of aryl methyl sites for hydroxylation is 1. The van der Waals surface area contributed by atoms with Gasteiger partial charge in [0.05, 0.1) is 16.3 Å². The van der Waals surface area contributed by atoms with Crippen molar-refractivity contribution in [3.63, 3.8) is 0 Å². The van der Waals surface area contributed by atoms with Gasteiger partial charge < -0.3 is 4.98 Å². The summed E-state index contributed by atoms with van der Waals surface area (Å²) in [4.78, 5) is 7.13. The van der Waals surface area contributed by atoms with Crippen LogP contribution in [0.25, 0.3) is 11.0 Å². The van der Waals surface area contributed by atoms with Crippen LogP contribution in [0.15, 0.2) is 12.3 Å². The number of hydrogen-bond acceptors (Lipinski definition) is 2. The molecule has 0 aromatic carbocycles. The molecular weight excluding hydrogens is 186 g/mol. The molecular formula is C9H6ClN3. The maximum absolute atomic E-state index is 8.76. The molecule has 0 atom stereocenters. The molecule has 1 N–H and O–H groups in total. The summed E-state index contributed by atoms with van der Waals surface area (Å²) in [5, 5.41) is 10.2. The molecule has 2 aromatic heterocycles. The number of aromatic nitrogens is 2.